The van der Waals surface area contributed by atoms with Crippen molar-refractivity contribution in [3.63, 3.8) is 0 Å². The van der Waals surface area contributed by atoms with Crippen LogP contribution in [-0.2, 0) is 24.2 Å². The van der Waals surface area contributed by atoms with Crippen LogP contribution in [0.25, 0.3) is 22.6 Å². The van der Waals surface area contributed by atoms with E-state index in [4.69, 9.17) is 15.1 Å². The average Bonchev–Trinajstić information content (AvgIpc) is 3.62. The van der Waals surface area contributed by atoms with Gasteiger partial charge >= 0.3 is 0 Å². The van der Waals surface area contributed by atoms with Gasteiger partial charge in [0.1, 0.15) is 18.4 Å². The Morgan fingerprint density at radius 2 is 1.97 bits per heavy atom. The predicted octanol–water partition coefficient (Wildman–Crippen LogP) is 3.68. The monoisotopic (exact) mass is 489 g/mol. The first kappa shape index (κ1) is 22.2. The van der Waals surface area contributed by atoms with E-state index >= 15 is 0 Å². The number of benzene rings is 1. The second-order valence-electron chi connectivity index (χ2n) is 9.26. The van der Waals surface area contributed by atoms with E-state index in [0.29, 0.717) is 36.0 Å². The summed E-state index contributed by atoms with van der Waals surface area (Å²) in [7, 11) is 0. The highest BCUT2D eigenvalue weighted by Gasteiger charge is 2.23. The Kier molecular flexibility index (Phi) is 5.77. The van der Waals surface area contributed by atoms with Crippen molar-refractivity contribution in [3.8, 4) is 11.5 Å². The number of nitrogens with two attached hydrogens (primary N) is 1. The van der Waals surface area contributed by atoms with Crippen LogP contribution in [-0.4, -0.2) is 54.8 Å². The molecule has 2 N–H and O–H groups in total. The number of aromatic nitrogens is 5. The number of imidazole rings is 1. The van der Waals surface area contributed by atoms with Gasteiger partial charge in [-0.2, -0.15) is 0 Å². The third-order valence-corrected chi connectivity index (χ3v) is 7.78. The molecular formula is C25H27N7O2S. The minimum Gasteiger partial charge on any atom is -0.444 e. The van der Waals surface area contributed by atoms with Crippen molar-refractivity contribution in [1.82, 2.24) is 29.4 Å². The van der Waals surface area contributed by atoms with Gasteiger partial charge in [0, 0.05) is 31.0 Å². The molecule has 10 heteroatoms. The summed E-state index contributed by atoms with van der Waals surface area (Å²) in [4.78, 5) is 33.0. The number of aryl methyl sites for hydroxylation is 4. The topological polar surface area (TPSA) is 116 Å². The quantitative estimate of drug-likeness (QED) is 0.415. The minimum atomic E-state index is 0.320. The van der Waals surface area contributed by atoms with Crippen LogP contribution in [0.15, 0.2) is 39.2 Å². The smallest absolute Gasteiger partial charge is 0.227 e. The molecule has 180 valence electrons. The van der Waals surface area contributed by atoms with Gasteiger partial charge < -0.3 is 14.7 Å². The number of ketones is 1. The molecule has 2 aliphatic rings. The van der Waals surface area contributed by atoms with Crippen molar-refractivity contribution in [2.45, 2.75) is 55.6 Å². The molecule has 1 aliphatic heterocycles. The van der Waals surface area contributed by atoms with Crippen LogP contribution in [0, 0.1) is 6.92 Å². The summed E-state index contributed by atoms with van der Waals surface area (Å²) in [6, 6.07) is 4.48. The Bertz CT molecular complexity index is 1430. The summed E-state index contributed by atoms with van der Waals surface area (Å²) >= 11 is 1.59. The zero-order valence-electron chi connectivity index (χ0n) is 19.7. The lowest BCUT2D eigenvalue weighted by molar-refractivity contribution is -0.116. The molecule has 0 amide bonds. The van der Waals surface area contributed by atoms with Gasteiger partial charge in [-0.05, 0) is 55.9 Å². The van der Waals surface area contributed by atoms with Crippen molar-refractivity contribution >= 4 is 34.5 Å². The van der Waals surface area contributed by atoms with Crippen LogP contribution in [0.5, 0.6) is 0 Å². The molecule has 1 aliphatic carbocycles. The second kappa shape index (κ2) is 9.09. The Morgan fingerprint density at radius 1 is 1.11 bits per heavy atom. The number of carbonyl (C=O) groups excluding carboxylic acids is 1. The van der Waals surface area contributed by atoms with Gasteiger partial charge in [0.25, 0.3) is 0 Å². The Labute approximate surface area is 207 Å². The molecule has 35 heavy (non-hydrogen) atoms. The number of hydrogen-bond donors (Lipinski definition) is 1. The largest absolute Gasteiger partial charge is 0.444 e. The number of nitrogen functional groups attached to an aromatic ring is 1. The average molecular weight is 490 g/mol. The Balaban J connectivity index is 1.36. The van der Waals surface area contributed by atoms with Gasteiger partial charge in [0.15, 0.2) is 22.1 Å². The fourth-order valence-corrected chi connectivity index (χ4v) is 6.06. The molecule has 0 atom stereocenters. The van der Waals surface area contributed by atoms with E-state index in [1.165, 1.54) is 17.5 Å². The van der Waals surface area contributed by atoms with Crippen molar-refractivity contribution in [2.24, 2.45) is 0 Å². The number of anilines is 1. The van der Waals surface area contributed by atoms with Crippen molar-refractivity contribution < 1.29 is 9.21 Å². The van der Waals surface area contributed by atoms with E-state index in [0.717, 1.165) is 72.3 Å². The minimum absolute atomic E-state index is 0.320. The molecular weight excluding hydrogens is 462 g/mol. The summed E-state index contributed by atoms with van der Waals surface area (Å²) in [5.41, 5.74) is 12.1. The number of hydrogen-bond acceptors (Lipinski definition) is 9. The maximum atomic E-state index is 11.6. The number of nitrogens with zero attached hydrogens (tertiary/aromatic N) is 6. The fourth-order valence-electron chi connectivity index (χ4n) is 4.98. The van der Waals surface area contributed by atoms with Gasteiger partial charge in [-0.3, -0.25) is 9.69 Å². The maximum absolute atomic E-state index is 11.6. The summed E-state index contributed by atoms with van der Waals surface area (Å²) in [5, 5.41) is 0.812. The molecule has 1 saturated heterocycles. The normalized spacial score (nSPS) is 16.0. The standard InChI is InChI=1S/C25H27N7O2S/c1-15-13-34-24(29-15)19-10-16-4-2-5-17(16)11-20(19)35-25-30-21-22(26)27-14-28-23(21)32(25)8-3-7-31-9-6-18(33)12-31/h10-11,13-14H,2-9,12H2,1H3,(H2,26,27,28). The number of oxazole rings is 1. The van der Waals surface area contributed by atoms with Gasteiger partial charge in [-0.15, -0.1) is 0 Å². The second-order valence-corrected chi connectivity index (χ2v) is 10.3. The summed E-state index contributed by atoms with van der Waals surface area (Å²) in [5.74, 6) is 1.32. The van der Waals surface area contributed by atoms with Crippen LogP contribution in [0.3, 0.4) is 0 Å². The molecule has 0 spiro atoms. The molecule has 9 nitrogen and oxygen atoms in total. The lowest BCUT2D eigenvalue weighted by Gasteiger charge is -2.15. The number of likely N-dealkylation sites (tertiary alicyclic amines) is 1. The molecule has 0 bridgehead atoms. The third kappa shape index (κ3) is 4.32. The molecule has 1 fully saturated rings. The van der Waals surface area contributed by atoms with E-state index in [1.807, 2.05) is 6.92 Å². The third-order valence-electron chi connectivity index (χ3n) is 6.73. The lowest BCUT2D eigenvalue weighted by atomic mass is 10.1. The molecule has 1 aromatic carbocycles. The molecule has 0 saturated carbocycles. The van der Waals surface area contributed by atoms with Gasteiger partial charge in [-0.25, -0.2) is 19.9 Å². The van der Waals surface area contributed by atoms with Gasteiger partial charge in [0.2, 0.25) is 5.89 Å². The zero-order chi connectivity index (χ0) is 23.9. The van der Waals surface area contributed by atoms with E-state index in [1.54, 1.807) is 18.0 Å². The first-order valence-corrected chi connectivity index (χ1v) is 12.8. The zero-order valence-corrected chi connectivity index (χ0v) is 20.5. The summed E-state index contributed by atoms with van der Waals surface area (Å²) < 4.78 is 7.92. The van der Waals surface area contributed by atoms with E-state index in [-0.39, 0.29) is 0 Å². The Morgan fingerprint density at radius 3 is 2.74 bits per heavy atom. The van der Waals surface area contributed by atoms with Crippen LogP contribution in [0.4, 0.5) is 5.82 Å². The molecule has 0 unspecified atom stereocenters. The van der Waals surface area contributed by atoms with E-state index < -0.39 is 0 Å². The molecule has 6 rings (SSSR count). The predicted molar refractivity (Wildman–Crippen MR) is 133 cm³/mol. The van der Waals surface area contributed by atoms with Gasteiger partial charge in [-0.1, -0.05) is 11.8 Å². The van der Waals surface area contributed by atoms with Crippen LogP contribution in [0.2, 0.25) is 0 Å². The number of carbonyl (C=O) groups is 1. The Hall–Kier alpha value is -3.24. The molecule has 4 heterocycles. The summed E-state index contributed by atoms with van der Waals surface area (Å²) in [6.45, 7) is 4.90. The summed E-state index contributed by atoms with van der Waals surface area (Å²) in [6.07, 6.45) is 8.03. The highest BCUT2D eigenvalue weighted by atomic mass is 32.2. The number of Topliss-reactive ketones (excluding diaryl/α,β-unsaturated/α-hetero) is 1. The fraction of sp³-hybridized carbons (Fsp3) is 0.400. The van der Waals surface area contributed by atoms with Crippen LogP contribution in [0.1, 0.15) is 36.1 Å². The van der Waals surface area contributed by atoms with E-state index in [9.17, 15) is 4.79 Å². The molecule has 0 radical (unpaired) electrons. The van der Waals surface area contributed by atoms with Crippen molar-refractivity contribution in [1.29, 1.82) is 0 Å². The first-order valence-electron chi connectivity index (χ1n) is 12.0. The number of fused-ring (bicyclic) bond motifs is 2. The number of rotatable bonds is 7. The SMILES string of the molecule is Cc1coc(-c2cc3c(cc2Sc2nc4c(N)ncnc4n2CCCN2CCC(=O)C2)CCC3)n1. The van der Waals surface area contributed by atoms with Crippen molar-refractivity contribution in [3.05, 3.63) is 41.5 Å². The first-order chi connectivity index (χ1) is 17.0. The van der Waals surface area contributed by atoms with E-state index in [2.05, 4.69) is 36.6 Å². The van der Waals surface area contributed by atoms with Gasteiger partial charge in [0.05, 0.1) is 17.8 Å². The molecule has 3 aromatic heterocycles. The highest BCUT2D eigenvalue weighted by Crippen LogP contribution is 2.40. The maximum Gasteiger partial charge on any atom is 0.227 e. The lowest BCUT2D eigenvalue weighted by Crippen LogP contribution is -2.23. The molecule has 4 aromatic rings. The van der Waals surface area contributed by atoms with Crippen LogP contribution >= 0.6 is 11.8 Å². The van der Waals surface area contributed by atoms with Crippen LogP contribution < -0.4 is 5.73 Å². The highest BCUT2D eigenvalue weighted by molar-refractivity contribution is 7.99. The van der Waals surface area contributed by atoms with Crippen molar-refractivity contribution in [2.75, 3.05) is 25.4 Å².